The second-order valence-corrected chi connectivity index (χ2v) is 4.05. The van der Waals surface area contributed by atoms with Gasteiger partial charge >= 0.3 is 10.4 Å². The zero-order valence-electron chi connectivity index (χ0n) is 9.28. The highest BCUT2D eigenvalue weighted by atomic mass is 32.3. The molecule has 0 unspecified atom stereocenters. The van der Waals surface area contributed by atoms with Crippen molar-refractivity contribution >= 4 is 10.4 Å². The molecule has 0 fully saturated rings. The summed E-state index contributed by atoms with van der Waals surface area (Å²) in [4.78, 5) is 0. The van der Waals surface area contributed by atoms with Gasteiger partial charge in [0.1, 0.15) is 0 Å². The Hall–Kier alpha value is -0.210. The molecular formula is C8H20N2O4S. The van der Waals surface area contributed by atoms with Crippen molar-refractivity contribution in [1.82, 2.24) is 10.6 Å². The number of rotatable bonds is 10. The minimum Gasteiger partial charge on any atom is -0.315 e. The van der Waals surface area contributed by atoms with Crippen LogP contribution in [0.2, 0.25) is 0 Å². The Kier molecular flexibility index (Phi) is 8.92. The lowest BCUT2D eigenvalue weighted by Gasteiger charge is -2.06. The molecule has 0 aliphatic carbocycles. The number of hydrogen-bond acceptors (Lipinski definition) is 6. The fraction of sp³-hybridized carbons (Fsp3) is 1.00. The molecular weight excluding hydrogens is 220 g/mol. The third kappa shape index (κ3) is 10.1. The maximum Gasteiger partial charge on any atom is 0.399 e. The van der Waals surface area contributed by atoms with E-state index in [1.165, 1.54) is 0 Å². The van der Waals surface area contributed by atoms with Crippen molar-refractivity contribution in [3.8, 4) is 0 Å². The van der Waals surface area contributed by atoms with Gasteiger partial charge in [0, 0.05) is 13.1 Å². The molecule has 0 aromatic heterocycles. The molecule has 0 heterocycles. The first kappa shape index (κ1) is 14.8. The summed E-state index contributed by atoms with van der Waals surface area (Å²) in [5, 5.41) is 5.88. The van der Waals surface area contributed by atoms with E-state index in [0.717, 1.165) is 13.1 Å². The lowest BCUT2D eigenvalue weighted by Crippen LogP contribution is -2.24. The summed E-state index contributed by atoms with van der Waals surface area (Å²) in [7, 11) is -3.82. The third-order valence-electron chi connectivity index (χ3n) is 1.51. The fourth-order valence-electron chi connectivity index (χ4n) is 0.819. The van der Waals surface area contributed by atoms with E-state index in [-0.39, 0.29) is 13.2 Å². The second-order valence-electron chi connectivity index (χ2n) is 2.76. The van der Waals surface area contributed by atoms with Crippen molar-refractivity contribution in [3.63, 3.8) is 0 Å². The highest BCUT2D eigenvalue weighted by Crippen LogP contribution is 1.94. The molecule has 0 spiro atoms. The molecule has 0 radical (unpaired) electrons. The fourth-order valence-corrected chi connectivity index (χ4v) is 1.46. The van der Waals surface area contributed by atoms with Crippen LogP contribution in [-0.2, 0) is 18.8 Å². The third-order valence-corrected chi connectivity index (χ3v) is 2.42. The molecule has 0 aromatic rings. The Balaban J connectivity index is 3.50. The van der Waals surface area contributed by atoms with Crippen LogP contribution < -0.4 is 10.6 Å². The molecule has 0 amide bonds. The molecule has 92 valence electrons. The SMILES string of the molecule is CCNCCOS(=O)(=O)OCCNCC. The van der Waals surface area contributed by atoms with Crippen LogP contribution >= 0.6 is 0 Å². The van der Waals surface area contributed by atoms with Crippen LogP contribution in [0.1, 0.15) is 13.8 Å². The molecule has 0 bridgehead atoms. The average Bonchev–Trinajstić information content (AvgIpc) is 2.20. The smallest absolute Gasteiger partial charge is 0.315 e. The first-order chi connectivity index (χ1) is 7.12. The molecule has 15 heavy (non-hydrogen) atoms. The monoisotopic (exact) mass is 240 g/mol. The van der Waals surface area contributed by atoms with Crippen LogP contribution in [0.4, 0.5) is 0 Å². The van der Waals surface area contributed by atoms with E-state index in [1.807, 2.05) is 13.8 Å². The summed E-state index contributed by atoms with van der Waals surface area (Å²) in [5.74, 6) is 0. The highest BCUT2D eigenvalue weighted by Gasteiger charge is 2.10. The zero-order valence-corrected chi connectivity index (χ0v) is 10.1. The highest BCUT2D eigenvalue weighted by molar-refractivity contribution is 7.81. The number of likely N-dealkylation sites (N-methyl/N-ethyl adjacent to an activating group) is 2. The standard InChI is InChI=1S/C8H20N2O4S/c1-3-9-5-7-13-15(11,12)14-8-6-10-4-2/h9-10H,3-8H2,1-2H3. The Morgan fingerprint density at radius 3 is 1.67 bits per heavy atom. The molecule has 6 nitrogen and oxygen atoms in total. The van der Waals surface area contributed by atoms with E-state index >= 15 is 0 Å². The maximum absolute atomic E-state index is 11.1. The molecule has 0 aromatic carbocycles. The number of nitrogens with one attached hydrogen (secondary N) is 2. The minimum absolute atomic E-state index is 0.0946. The van der Waals surface area contributed by atoms with E-state index in [1.54, 1.807) is 0 Å². The van der Waals surface area contributed by atoms with Crippen molar-refractivity contribution in [1.29, 1.82) is 0 Å². The quantitative estimate of drug-likeness (QED) is 0.501. The zero-order chi connectivity index (χ0) is 11.6. The summed E-state index contributed by atoms with van der Waals surface area (Å²) in [6.45, 7) is 6.60. The second kappa shape index (κ2) is 9.05. The lowest BCUT2D eigenvalue weighted by atomic mass is 10.6. The van der Waals surface area contributed by atoms with Gasteiger partial charge in [0.2, 0.25) is 0 Å². The van der Waals surface area contributed by atoms with E-state index in [9.17, 15) is 8.42 Å². The van der Waals surface area contributed by atoms with Crippen LogP contribution in [0.15, 0.2) is 0 Å². The largest absolute Gasteiger partial charge is 0.399 e. The Labute approximate surface area is 91.7 Å². The van der Waals surface area contributed by atoms with E-state index in [2.05, 4.69) is 19.0 Å². The van der Waals surface area contributed by atoms with E-state index in [4.69, 9.17) is 0 Å². The van der Waals surface area contributed by atoms with E-state index < -0.39 is 10.4 Å². The van der Waals surface area contributed by atoms with Gasteiger partial charge in [-0.2, -0.15) is 8.42 Å². The van der Waals surface area contributed by atoms with Gasteiger partial charge in [0.15, 0.2) is 0 Å². The molecule has 0 saturated carbocycles. The van der Waals surface area contributed by atoms with Gasteiger partial charge in [-0.3, -0.25) is 0 Å². The predicted molar refractivity (Wildman–Crippen MR) is 57.9 cm³/mol. The maximum atomic E-state index is 11.1. The summed E-state index contributed by atoms with van der Waals surface area (Å²) >= 11 is 0. The van der Waals surface area contributed by atoms with Crippen molar-refractivity contribution in [2.24, 2.45) is 0 Å². The van der Waals surface area contributed by atoms with Gasteiger partial charge < -0.3 is 10.6 Å². The first-order valence-corrected chi connectivity index (χ1v) is 6.41. The summed E-state index contributed by atoms with van der Waals surface area (Å²) < 4.78 is 31.3. The first-order valence-electron chi connectivity index (χ1n) is 5.07. The summed E-state index contributed by atoms with van der Waals surface area (Å²) in [6, 6.07) is 0. The normalized spacial score (nSPS) is 11.9. The van der Waals surface area contributed by atoms with Gasteiger partial charge in [-0.25, -0.2) is 8.37 Å². The van der Waals surface area contributed by atoms with Crippen molar-refractivity contribution < 1.29 is 16.8 Å². The molecule has 7 heteroatoms. The van der Waals surface area contributed by atoms with Crippen molar-refractivity contribution in [2.45, 2.75) is 13.8 Å². The summed E-state index contributed by atoms with van der Waals surface area (Å²) in [6.07, 6.45) is 0. The van der Waals surface area contributed by atoms with Crippen LogP contribution in [0, 0.1) is 0 Å². The molecule has 0 aliphatic rings. The van der Waals surface area contributed by atoms with Gasteiger partial charge in [-0.1, -0.05) is 13.8 Å². The van der Waals surface area contributed by atoms with E-state index in [0.29, 0.717) is 13.1 Å². The van der Waals surface area contributed by atoms with Crippen LogP contribution in [-0.4, -0.2) is 47.8 Å². The topological polar surface area (TPSA) is 76.7 Å². The van der Waals surface area contributed by atoms with Gasteiger partial charge in [-0.15, -0.1) is 0 Å². The minimum atomic E-state index is -3.82. The average molecular weight is 240 g/mol. The van der Waals surface area contributed by atoms with Gasteiger partial charge in [0.25, 0.3) is 0 Å². The van der Waals surface area contributed by atoms with Gasteiger partial charge in [0.05, 0.1) is 13.2 Å². The van der Waals surface area contributed by atoms with Crippen LogP contribution in [0.3, 0.4) is 0 Å². The summed E-state index contributed by atoms with van der Waals surface area (Å²) in [5.41, 5.74) is 0. The Morgan fingerprint density at radius 1 is 0.933 bits per heavy atom. The lowest BCUT2D eigenvalue weighted by molar-refractivity contribution is 0.215. The molecule has 0 atom stereocenters. The molecule has 0 aliphatic heterocycles. The molecule has 2 N–H and O–H groups in total. The van der Waals surface area contributed by atoms with Crippen LogP contribution in [0.25, 0.3) is 0 Å². The Bertz CT molecular complexity index is 213. The number of hydrogen-bond donors (Lipinski definition) is 2. The Morgan fingerprint density at radius 2 is 1.33 bits per heavy atom. The molecule has 0 saturated heterocycles. The molecule has 0 rings (SSSR count). The van der Waals surface area contributed by atoms with Crippen molar-refractivity contribution in [2.75, 3.05) is 39.4 Å². The van der Waals surface area contributed by atoms with Gasteiger partial charge in [-0.05, 0) is 13.1 Å². The van der Waals surface area contributed by atoms with Crippen molar-refractivity contribution in [3.05, 3.63) is 0 Å². The predicted octanol–water partition coefficient (Wildman–Crippen LogP) is -0.517. The van der Waals surface area contributed by atoms with Crippen LogP contribution in [0.5, 0.6) is 0 Å².